The Morgan fingerprint density at radius 2 is 1.80 bits per heavy atom. The first-order chi connectivity index (χ1) is 21.9. The van der Waals surface area contributed by atoms with Crippen molar-refractivity contribution in [3.63, 3.8) is 0 Å². The van der Waals surface area contributed by atoms with Crippen LogP contribution in [-0.2, 0) is 17.9 Å². The lowest BCUT2D eigenvalue weighted by Crippen LogP contribution is -2.43. The normalized spacial score (nSPS) is 16.5. The molecule has 0 spiro atoms. The van der Waals surface area contributed by atoms with Crippen LogP contribution in [0.3, 0.4) is 0 Å². The van der Waals surface area contributed by atoms with Crippen LogP contribution in [0, 0.1) is 0 Å². The third kappa shape index (κ3) is 10.7. The van der Waals surface area contributed by atoms with E-state index in [0.717, 1.165) is 74.5 Å². The van der Waals surface area contributed by atoms with Crippen molar-refractivity contribution in [3.05, 3.63) is 35.1 Å². The van der Waals surface area contributed by atoms with E-state index in [4.69, 9.17) is 16.6 Å². The number of carbonyl (C=O) groups is 1. The van der Waals surface area contributed by atoms with Gasteiger partial charge in [0.15, 0.2) is 8.38 Å². The molecule has 246 valence electrons. The van der Waals surface area contributed by atoms with Crippen LogP contribution in [-0.4, -0.2) is 96.5 Å². The Morgan fingerprint density at radius 3 is 2.60 bits per heavy atom. The zero-order chi connectivity index (χ0) is 31.4. The lowest BCUT2D eigenvalue weighted by atomic mass is 9.95. The van der Waals surface area contributed by atoms with E-state index >= 15 is 0 Å². The number of hydrogen-bond donors (Lipinski definition) is 6. The molecule has 2 aromatic heterocycles. The Hall–Kier alpha value is -2.67. The fraction of sp³-hybridized carbons (Fsp3) is 0.633. The summed E-state index contributed by atoms with van der Waals surface area (Å²) in [6.07, 6.45) is 12.1. The molecule has 15 heteroatoms. The largest absolute Gasteiger partial charge is 0.367 e. The van der Waals surface area contributed by atoms with Gasteiger partial charge in [-0.2, -0.15) is 4.98 Å². The summed E-state index contributed by atoms with van der Waals surface area (Å²) in [5, 5.41) is 24.1. The standard InChI is InChI=1S/C30H46ClN10O3P/c31-22-8-9-26-27(18-22)36-30(37-29(26)35-24-10-16-40(17-11-24)28(42)21-45(43)44)34-19-25-20-41(39-38-25)15-5-13-32-12-4-14-33-23-6-2-1-3-7-23/h8-9,18,20,23-24,32-33,43-44H,1-7,10-17,19,21H2,(H2,34,35,36,37). The zero-order valence-electron chi connectivity index (χ0n) is 25.8. The second-order valence-corrected chi connectivity index (χ2v) is 13.5. The summed E-state index contributed by atoms with van der Waals surface area (Å²) in [5.41, 5.74) is 1.52. The van der Waals surface area contributed by atoms with Crippen molar-refractivity contribution in [1.82, 2.24) is 40.5 Å². The fourth-order valence-corrected chi connectivity index (χ4v) is 6.60. The number of amides is 1. The minimum Gasteiger partial charge on any atom is -0.367 e. The van der Waals surface area contributed by atoms with Gasteiger partial charge in [0, 0.05) is 42.1 Å². The van der Waals surface area contributed by atoms with E-state index in [1.165, 1.54) is 32.1 Å². The molecule has 1 aliphatic heterocycles. The van der Waals surface area contributed by atoms with Crippen molar-refractivity contribution < 1.29 is 14.6 Å². The Morgan fingerprint density at radius 1 is 1.00 bits per heavy atom. The molecular weight excluding hydrogens is 615 g/mol. The van der Waals surface area contributed by atoms with Crippen LogP contribution in [0.1, 0.15) is 63.5 Å². The molecule has 1 aliphatic carbocycles. The van der Waals surface area contributed by atoms with E-state index in [0.29, 0.717) is 36.4 Å². The molecule has 6 N–H and O–H groups in total. The fourth-order valence-electron chi connectivity index (χ4n) is 6.00. The molecule has 2 aliphatic rings. The molecule has 0 bridgehead atoms. The predicted molar refractivity (Wildman–Crippen MR) is 178 cm³/mol. The van der Waals surface area contributed by atoms with Crippen molar-refractivity contribution >= 4 is 48.6 Å². The Bertz CT molecular complexity index is 1370. The molecule has 1 saturated carbocycles. The Kier molecular flexibility index (Phi) is 13.0. The van der Waals surface area contributed by atoms with Gasteiger partial charge in [0.1, 0.15) is 11.5 Å². The number of fused-ring (bicyclic) bond motifs is 1. The van der Waals surface area contributed by atoms with Crippen LogP contribution in [0.25, 0.3) is 10.9 Å². The average Bonchev–Trinajstić information content (AvgIpc) is 3.49. The minimum atomic E-state index is -2.23. The van der Waals surface area contributed by atoms with E-state index in [9.17, 15) is 14.6 Å². The van der Waals surface area contributed by atoms with E-state index in [1.54, 1.807) is 4.90 Å². The van der Waals surface area contributed by atoms with Gasteiger partial charge in [0.05, 0.1) is 24.4 Å². The first-order valence-electron chi connectivity index (χ1n) is 16.2. The molecule has 2 fully saturated rings. The second kappa shape index (κ2) is 17.3. The summed E-state index contributed by atoms with van der Waals surface area (Å²) in [5.74, 6) is 0.926. The predicted octanol–water partition coefficient (Wildman–Crippen LogP) is 3.48. The topological polar surface area (TPSA) is 165 Å². The third-order valence-electron chi connectivity index (χ3n) is 8.45. The monoisotopic (exact) mass is 660 g/mol. The maximum absolute atomic E-state index is 12.2. The molecule has 1 amide bonds. The third-order valence-corrected chi connectivity index (χ3v) is 9.24. The number of aromatic nitrogens is 5. The highest BCUT2D eigenvalue weighted by atomic mass is 35.5. The van der Waals surface area contributed by atoms with Crippen molar-refractivity contribution in [2.75, 3.05) is 49.5 Å². The molecule has 1 saturated heterocycles. The highest BCUT2D eigenvalue weighted by molar-refractivity contribution is 7.46. The molecule has 1 aromatic carbocycles. The van der Waals surface area contributed by atoms with E-state index in [1.807, 2.05) is 29.1 Å². The molecule has 0 radical (unpaired) electrons. The van der Waals surface area contributed by atoms with E-state index < -0.39 is 8.38 Å². The van der Waals surface area contributed by atoms with Gasteiger partial charge in [-0.1, -0.05) is 36.1 Å². The zero-order valence-corrected chi connectivity index (χ0v) is 27.4. The smallest absolute Gasteiger partial charge is 0.231 e. The highest BCUT2D eigenvalue weighted by Gasteiger charge is 2.25. The first-order valence-corrected chi connectivity index (χ1v) is 18.0. The van der Waals surface area contributed by atoms with Gasteiger partial charge in [0.25, 0.3) is 0 Å². The molecule has 0 unspecified atom stereocenters. The van der Waals surface area contributed by atoms with Gasteiger partial charge >= 0.3 is 0 Å². The van der Waals surface area contributed by atoms with Gasteiger partial charge in [-0.25, -0.2) is 4.98 Å². The summed E-state index contributed by atoms with van der Waals surface area (Å²) in [6.45, 7) is 5.37. The molecular formula is C30H46ClN10O3P. The number of aryl methyl sites for hydroxylation is 1. The lowest BCUT2D eigenvalue weighted by molar-refractivity contribution is -0.129. The van der Waals surface area contributed by atoms with Crippen LogP contribution in [0.15, 0.2) is 24.4 Å². The van der Waals surface area contributed by atoms with Crippen LogP contribution >= 0.6 is 20.0 Å². The van der Waals surface area contributed by atoms with Crippen molar-refractivity contribution in [1.29, 1.82) is 0 Å². The van der Waals surface area contributed by atoms with Gasteiger partial charge in [-0.05, 0) is 76.4 Å². The van der Waals surface area contributed by atoms with Gasteiger partial charge < -0.3 is 36.0 Å². The summed E-state index contributed by atoms with van der Waals surface area (Å²) in [7, 11) is -2.23. The molecule has 13 nitrogen and oxygen atoms in total. The average molecular weight is 661 g/mol. The Labute approximate surface area is 270 Å². The number of nitrogens with one attached hydrogen (secondary N) is 4. The van der Waals surface area contributed by atoms with Crippen LogP contribution in [0.5, 0.6) is 0 Å². The molecule has 3 heterocycles. The number of rotatable bonds is 16. The summed E-state index contributed by atoms with van der Waals surface area (Å²) in [6, 6.07) is 6.37. The molecule has 5 rings (SSSR count). The maximum Gasteiger partial charge on any atom is 0.231 e. The van der Waals surface area contributed by atoms with Crippen LogP contribution in [0.4, 0.5) is 11.8 Å². The number of hydrogen-bond acceptors (Lipinski definition) is 11. The molecule has 3 aromatic rings. The summed E-state index contributed by atoms with van der Waals surface area (Å²) in [4.78, 5) is 41.7. The number of anilines is 2. The van der Waals surface area contributed by atoms with Gasteiger partial charge in [0.2, 0.25) is 11.9 Å². The first kappa shape index (κ1) is 33.7. The van der Waals surface area contributed by atoms with Crippen molar-refractivity contribution in [3.8, 4) is 0 Å². The quantitative estimate of drug-likeness (QED) is 0.0984. The van der Waals surface area contributed by atoms with Crippen LogP contribution in [0.2, 0.25) is 5.02 Å². The van der Waals surface area contributed by atoms with E-state index in [2.05, 4.69) is 36.6 Å². The molecule has 0 atom stereocenters. The highest BCUT2D eigenvalue weighted by Crippen LogP contribution is 2.28. The van der Waals surface area contributed by atoms with Crippen molar-refractivity contribution in [2.24, 2.45) is 0 Å². The van der Waals surface area contributed by atoms with Crippen LogP contribution < -0.4 is 21.3 Å². The number of likely N-dealkylation sites (tertiary alicyclic amines) is 1. The minimum absolute atomic E-state index is 0.105. The summed E-state index contributed by atoms with van der Waals surface area (Å²) >= 11 is 6.28. The molecule has 45 heavy (non-hydrogen) atoms. The van der Waals surface area contributed by atoms with Gasteiger partial charge in [-0.3, -0.25) is 9.48 Å². The number of benzene rings is 1. The SMILES string of the molecule is O=C(CP(O)O)N1CCC(Nc2nc(NCc3cn(CCCNCCCNC4CCCCC4)nn3)nc3cc(Cl)ccc23)CC1. The number of carbonyl (C=O) groups excluding carboxylic acids is 1. The number of piperidine rings is 1. The maximum atomic E-state index is 12.2. The number of nitrogens with zero attached hydrogens (tertiary/aromatic N) is 6. The lowest BCUT2D eigenvalue weighted by Gasteiger charge is -2.33. The number of halogens is 1. The van der Waals surface area contributed by atoms with E-state index in [-0.39, 0.29) is 18.1 Å². The summed E-state index contributed by atoms with van der Waals surface area (Å²) < 4.78 is 1.87. The van der Waals surface area contributed by atoms with Gasteiger partial charge in [-0.15, -0.1) is 5.10 Å². The van der Waals surface area contributed by atoms with Crippen molar-refractivity contribution in [2.45, 2.75) is 83.0 Å². The second-order valence-electron chi connectivity index (χ2n) is 12.0. The Balaban J connectivity index is 1.06.